The number of aliphatic hydroxyl groups is 1. The standard InChI is InChI=1S/C23H18F3N3O3/c1-28-21(17-6-5-13(11-27)9-14(17)12-30)20-18(7-8-19(20)31)29(22(28)32)16-4-2-3-15(10-16)23(24,25)26/h2-6,9-10,21,30H,7-8,12H2,1H3/t21-/m0/s1. The van der Waals surface area contributed by atoms with Crippen molar-refractivity contribution in [3.63, 3.8) is 0 Å². The molecule has 2 aromatic rings. The van der Waals surface area contributed by atoms with Gasteiger partial charge in [-0.05, 0) is 47.9 Å². The summed E-state index contributed by atoms with van der Waals surface area (Å²) in [4.78, 5) is 28.6. The van der Waals surface area contributed by atoms with Gasteiger partial charge in [-0.1, -0.05) is 12.1 Å². The van der Waals surface area contributed by atoms with Gasteiger partial charge in [0.05, 0.1) is 35.5 Å². The first-order chi connectivity index (χ1) is 15.2. The third-order valence-corrected chi connectivity index (χ3v) is 5.79. The second-order valence-corrected chi connectivity index (χ2v) is 7.65. The smallest absolute Gasteiger partial charge is 0.392 e. The SMILES string of the molecule is CN1C(=O)N(c2cccc(C(F)(F)F)c2)C2=C(C(=O)CC2)[C@@H]1c1ccc(C#N)cc1CO. The fourth-order valence-corrected chi connectivity index (χ4v) is 4.31. The number of likely N-dealkylation sites (N-methyl/N-ethyl adjacent to an activating group) is 1. The highest BCUT2D eigenvalue weighted by Crippen LogP contribution is 2.45. The van der Waals surface area contributed by atoms with E-state index >= 15 is 0 Å². The minimum Gasteiger partial charge on any atom is -0.392 e. The Morgan fingerprint density at radius 2 is 1.91 bits per heavy atom. The molecule has 2 aliphatic rings. The summed E-state index contributed by atoms with van der Waals surface area (Å²) in [6.45, 7) is -0.405. The van der Waals surface area contributed by atoms with Gasteiger partial charge in [-0.2, -0.15) is 18.4 Å². The van der Waals surface area contributed by atoms with E-state index in [-0.39, 0.29) is 24.3 Å². The maximum atomic E-state index is 13.4. The van der Waals surface area contributed by atoms with Crippen LogP contribution in [-0.2, 0) is 17.6 Å². The number of Topliss-reactive ketones (excluding diaryl/α,β-unsaturated/α-hetero) is 1. The van der Waals surface area contributed by atoms with Gasteiger partial charge < -0.3 is 10.0 Å². The highest BCUT2D eigenvalue weighted by molar-refractivity contribution is 6.08. The molecule has 4 rings (SSSR count). The zero-order valence-electron chi connectivity index (χ0n) is 17.0. The molecule has 1 N–H and O–H groups in total. The molecule has 0 bridgehead atoms. The molecule has 0 radical (unpaired) electrons. The maximum Gasteiger partial charge on any atom is 0.416 e. The lowest BCUT2D eigenvalue weighted by molar-refractivity contribution is -0.137. The highest BCUT2D eigenvalue weighted by Gasteiger charge is 2.45. The van der Waals surface area contributed by atoms with Crippen molar-refractivity contribution in [3.05, 3.63) is 76.0 Å². The Morgan fingerprint density at radius 3 is 2.56 bits per heavy atom. The number of anilines is 1. The average molecular weight is 441 g/mol. The van der Waals surface area contributed by atoms with E-state index < -0.39 is 30.4 Å². The number of carbonyl (C=O) groups is 2. The number of alkyl halides is 3. The van der Waals surface area contributed by atoms with Crippen molar-refractivity contribution in [3.8, 4) is 6.07 Å². The van der Waals surface area contributed by atoms with E-state index in [0.29, 0.717) is 28.0 Å². The molecule has 9 heteroatoms. The number of nitriles is 1. The second kappa shape index (κ2) is 7.80. The summed E-state index contributed by atoms with van der Waals surface area (Å²) in [7, 11) is 1.46. The highest BCUT2D eigenvalue weighted by atomic mass is 19.4. The zero-order valence-corrected chi connectivity index (χ0v) is 17.0. The topological polar surface area (TPSA) is 84.6 Å². The number of allylic oxidation sites excluding steroid dienone is 1. The molecule has 164 valence electrons. The third-order valence-electron chi connectivity index (χ3n) is 5.79. The Bertz CT molecular complexity index is 1200. The van der Waals surface area contributed by atoms with Crippen LogP contribution in [0.4, 0.5) is 23.7 Å². The summed E-state index contributed by atoms with van der Waals surface area (Å²) in [5.74, 6) is -0.213. The number of amides is 2. The molecular weight excluding hydrogens is 423 g/mol. The number of carbonyl (C=O) groups excluding carboxylic acids is 2. The molecule has 0 saturated heterocycles. The monoisotopic (exact) mass is 441 g/mol. The molecule has 0 unspecified atom stereocenters. The number of rotatable bonds is 3. The van der Waals surface area contributed by atoms with Gasteiger partial charge in [0.25, 0.3) is 0 Å². The van der Waals surface area contributed by atoms with Crippen LogP contribution in [0.25, 0.3) is 0 Å². The van der Waals surface area contributed by atoms with Crippen LogP contribution >= 0.6 is 0 Å². The van der Waals surface area contributed by atoms with Gasteiger partial charge in [-0.15, -0.1) is 0 Å². The van der Waals surface area contributed by atoms with Crippen LogP contribution in [0.15, 0.2) is 53.7 Å². The normalized spacial score (nSPS) is 18.8. The molecule has 0 aromatic heterocycles. The summed E-state index contributed by atoms with van der Waals surface area (Å²) >= 11 is 0. The van der Waals surface area contributed by atoms with Gasteiger partial charge in [-0.25, -0.2) is 4.79 Å². The van der Waals surface area contributed by atoms with Gasteiger partial charge >= 0.3 is 12.2 Å². The second-order valence-electron chi connectivity index (χ2n) is 7.65. The van der Waals surface area contributed by atoms with E-state index in [1.165, 1.54) is 36.2 Å². The van der Waals surface area contributed by atoms with Crippen LogP contribution in [0, 0.1) is 11.3 Å². The number of ketones is 1. The maximum absolute atomic E-state index is 13.4. The summed E-state index contributed by atoms with van der Waals surface area (Å²) in [5, 5.41) is 19.0. The Morgan fingerprint density at radius 1 is 1.16 bits per heavy atom. The lowest BCUT2D eigenvalue weighted by Gasteiger charge is -2.41. The third kappa shape index (κ3) is 3.42. The van der Waals surface area contributed by atoms with E-state index in [2.05, 4.69) is 0 Å². The molecule has 1 aliphatic heterocycles. The quantitative estimate of drug-likeness (QED) is 0.770. The lowest BCUT2D eigenvalue weighted by atomic mass is 9.89. The van der Waals surface area contributed by atoms with Crippen molar-refractivity contribution in [2.24, 2.45) is 0 Å². The minimum absolute atomic E-state index is 0.0273. The van der Waals surface area contributed by atoms with E-state index in [9.17, 15) is 27.9 Å². The summed E-state index contributed by atoms with van der Waals surface area (Å²) in [6, 6.07) is 9.63. The Kier molecular flexibility index (Phi) is 5.26. The number of hydrogen-bond acceptors (Lipinski definition) is 4. The number of aliphatic hydroxyl groups excluding tert-OH is 1. The van der Waals surface area contributed by atoms with E-state index in [4.69, 9.17) is 5.26 Å². The molecule has 1 heterocycles. The molecule has 1 aliphatic carbocycles. The van der Waals surface area contributed by atoms with Crippen molar-refractivity contribution in [1.29, 1.82) is 5.26 Å². The number of nitrogens with zero attached hydrogens (tertiary/aromatic N) is 3. The molecule has 1 atom stereocenters. The number of benzene rings is 2. The first-order valence-electron chi connectivity index (χ1n) is 9.81. The fraction of sp³-hybridized carbons (Fsp3) is 0.261. The van der Waals surface area contributed by atoms with Crippen molar-refractivity contribution in [2.75, 3.05) is 11.9 Å². The van der Waals surface area contributed by atoms with Gasteiger partial charge in [0.15, 0.2) is 5.78 Å². The van der Waals surface area contributed by atoms with Crippen molar-refractivity contribution in [1.82, 2.24) is 4.90 Å². The van der Waals surface area contributed by atoms with Crippen molar-refractivity contribution >= 4 is 17.5 Å². The van der Waals surface area contributed by atoms with E-state index in [1.807, 2.05) is 6.07 Å². The van der Waals surface area contributed by atoms with E-state index in [0.717, 1.165) is 17.0 Å². The Hall–Kier alpha value is -3.64. The summed E-state index contributed by atoms with van der Waals surface area (Å²) in [6.07, 6.45) is -4.24. The largest absolute Gasteiger partial charge is 0.416 e. The van der Waals surface area contributed by atoms with Gasteiger partial charge in [-0.3, -0.25) is 9.69 Å². The average Bonchev–Trinajstić information content (AvgIpc) is 3.14. The van der Waals surface area contributed by atoms with Crippen molar-refractivity contribution in [2.45, 2.75) is 31.7 Å². The van der Waals surface area contributed by atoms with Crippen LogP contribution in [0.3, 0.4) is 0 Å². The minimum atomic E-state index is -4.58. The van der Waals surface area contributed by atoms with Gasteiger partial charge in [0, 0.05) is 24.7 Å². The molecule has 32 heavy (non-hydrogen) atoms. The zero-order chi connectivity index (χ0) is 23.2. The predicted octanol–water partition coefficient (Wildman–Crippen LogP) is 4.30. The molecule has 2 amide bonds. The first kappa shape index (κ1) is 21.6. The van der Waals surface area contributed by atoms with E-state index in [1.54, 1.807) is 6.07 Å². The first-order valence-corrected chi connectivity index (χ1v) is 9.81. The number of hydrogen-bond donors (Lipinski definition) is 1. The van der Waals surface area contributed by atoms with Crippen LogP contribution in [-0.4, -0.2) is 28.9 Å². The van der Waals surface area contributed by atoms with Gasteiger partial charge in [0.2, 0.25) is 0 Å². The van der Waals surface area contributed by atoms with Crippen LogP contribution in [0.2, 0.25) is 0 Å². The summed E-state index contributed by atoms with van der Waals surface area (Å²) in [5.41, 5.74) is 1.01. The van der Waals surface area contributed by atoms with Crippen LogP contribution in [0.5, 0.6) is 0 Å². The molecule has 0 saturated carbocycles. The molecule has 6 nitrogen and oxygen atoms in total. The Labute approximate surface area is 181 Å². The lowest BCUT2D eigenvalue weighted by Crippen LogP contribution is -2.48. The predicted molar refractivity (Wildman–Crippen MR) is 108 cm³/mol. The van der Waals surface area contributed by atoms with Crippen LogP contribution < -0.4 is 4.90 Å². The Balaban J connectivity index is 1.89. The molecule has 0 fully saturated rings. The molecule has 2 aromatic carbocycles. The van der Waals surface area contributed by atoms with Crippen molar-refractivity contribution < 1.29 is 27.9 Å². The molecule has 0 spiro atoms. The molecular formula is C23H18F3N3O3. The van der Waals surface area contributed by atoms with Gasteiger partial charge in [0.1, 0.15) is 0 Å². The summed E-state index contributed by atoms with van der Waals surface area (Å²) < 4.78 is 39.7. The fourth-order valence-electron chi connectivity index (χ4n) is 4.31. The number of urea groups is 1. The number of halogens is 3. The van der Waals surface area contributed by atoms with Crippen LogP contribution in [0.1, 0.15) is 41.1 Å².